The fraction of sp³-hybridized carbons (Fsp3) is 0.882. The van der Waals surface area contributed by atoms with Crippen molar-refractivity contribution < 1.29 is 38.1 Å². The summed E-state index contributed by atoms with van der Waals surface area (Å²) >= 11 is 0. The van der Waals surface area contributed by atoms with E-state index in [0.717, 1.165) is 51.4 Å². The van der Waals surface area contributed by atoms with E-state index in [1.807, 2.05) is 0 Å². The Bertz CT molecular complexity index is 1070. The molecule has 45 heavy (non-hydrogen) atoms. The van der Waals surface area contributed by atoms with Crippen LogP contribution in [0.25, 0.3) is 0 Å². The number of ether oxygens (including phenoxy) is 4. The summed E-state index contributed by atoms with van der Waals surface area (Å²) < 4.78 is 23.8. The molecule has 4 fully saturated rings. The number of rotatable bonds is 14. The molecule has 0 aromatic carbocycles. The van der Waals surface area contributed by atoms with Crippen LogP contribution in [0.1, 0.15) is 97.8 Å². The molecule has 4 rings (SSSR count). The molecule has 256 valence electrons. The van der Waals surface area contributed by atoms with E-state index in [1.165, 1.54) is 7.11 Å². The molecule has 0 radical (unpaired) electrons. The molecule has 0 unspecified atom stereocenters. The molecule has 0 aromatic rings. The molecule has 11 atom stereocenters. The summed E-state index contributed by atoms with van der Waals surface area (Å²) in [5, 5.41) is 0. The number of carbonyl (C=O) groups is 4. The van der Waals surface area contributed by atoms with Crippen LogP contribution in [0.5, 0.6) is 0 Å². The molecule has 4 aliphatic carbocycles. The predicted octanol–water partition coefficient (Wildman–Crippen LogP) is 3.24. The SMILES string of the molecule is COC(=O)CC[C@@H](C)[C@H]1CC[C@H]2[C@@H]3[C@H](OC(=O)CCN)C[C@@H]4C[C@H](OC(=O)CCN)CC[C@]4(C)[C@H]3C[C@H](OCCC(N)=O)[C@]12C. The molecule has 0 saturated heterocycles. The Labute approximate surface area is 268 Å². The quantitative estimate of drug-likeness (QED) is 0.189. The van der Waals surface area contributed by atoms with Crippen LogP contribution in [0.2, 0.25) is 0 Å². The summed E-state index contributed by atoms with van der Waals surface area (Å²) in [5.74, 6) is 0.198. The van der Waals surface area contributed by atoms with Crippen molar-refractivity contribution in [3.05, 3.63) is 0 Å². The third-order valence-electron chi connectivity index (χ3n) is 12.4. The van der Waals surface area contributed by atoms with Crippen molar-refractivity contribution >= 4 is 23.8 Å². The first-order valence-corrected chi connectivity index (χ1v) is 17.1. The van der Waals surface area contributed by atoms with E-state index < -0.39 is 0 Å². The molecule has 0 aliphatic heterocycles. The minimum absolute atomic E-state index is 0.0561. The average molecular weight is 636 g/mol. The van der Waals surface area contributed by atoms with Gasteiger partial charge in [-0.3, -0.25) is 19.2 Å². The standard InChI is InChI=1S/C34H57N3O8/c1-20(5-8-29(39)42-4)23-6-7-24-32-25(19-27(34(23,24)3)43-16-12-28(37)38)33(2)13-9-22(44-30(40)10-14-35)17-21(33)18-26(32)45-31(41)11-15-36/h20-27,32H,5-19,35-36H2,1-4H3,(H2,37,38)/t20-,21+,22-,23-,24+,25+,26-,27+,32+,33+,34-/m1/s1. The second kappa shape index (κ2) is 15.1. The van der Waals surface area contributed by atoms with Crippen molar-refractivity contribution in [1.29, 1.82) is 0 Å². The number of nitrogens with two attached hydrogens (primary N) is 3. The van der Waals surface area contributed by atoms with Crippen LogP contribution < -0.4 is 17.2 Å². The van der Waals surface area contributed by atoms with Gasteiger partial charge in [-0.1, -0.05) is 20.8 Å². The molecular weight excluding hydrogens is 578 g/mol. The third-order valence-corrected chi connectivity index (χ3v) is 12.4. The van der Waals surface area contributed by atoms with Crippen LogP contribution in [0.15, 0.2) is 0 Å². The number of carbonyl (C=O) groups excluding carboxylic acids is 4. The van der Waals surface area contributed by atoms with Crippen molar-refractivity contribution in [2.24, 2.45) is 63.5 Å². The lowest BCUT2D eigenvalue weighted by Crippen LogP contribution is -2.63. The summed E-state index contributed by atoms with van der Waals surface area (Å²) in [6.45, 7) is 7.68. The van der Waals surface area contributed by atoms with Crippen LogP contribution in [-0.4, -0.2) is 68.9 Å². The lowest BCUT2D eigenvalue weighted by atomic mass is 9.43. The second-order valence-electron chi connectivity index (χ2n) is 14.7. The molecule has 4 aliphatic rings. The number of primary amides is 1. The van der Waals surface area contributed by atoms with Crippen LogP contribution in [0.3, 0.4) is 0 Å². The van der Waals surface area contributed by atoms with E-state index in [4.69, 9.17) is 36.1 Å². The monoisotopic (exact) mass is 635 g/mol. The lowest BCUT2D eigenvalue weighted by Gasteiger charge is -2.64. The largest absolute Gasteiger partial charge is 0.469 e. The van der Waals surface area contributed by atoms with E-state index >= 15 is 0 Å². The van der Waals surface area contributed by atoms with Crippen LogP contribution in [-0.2, 0) is 38.1 Å². The van der Waals surface area contributed by atoms with Crippen LogP contribution >= 0.6 is 0 Å². The Hall–Kier alpha value is -2.24. The Morgan fingerprint density at radius 3 is 2.18 bits per heavy atom. The van der Waals surface area contributed by atoms with Crippen LogP contribution in [0, 0.1) is 46.3 Å². The zero-order valence-corrected chi connectivity index (χ0v) is 27.8. The van der Waals surface area contributed by atoms with Gasteiger partial charge in [0.2, 0.25) is 5.91 Å². The van der Waals surface area contributed by atoms with Gasteiger partial charge in [0.1, 0.15) is 12.2 Å². The number of fused-ring (bicyclic) bond motifs is 5. The predicted molar refractivity (Wildman–Crippen MR) is 167 cm³/mol. The topological polar surface area (TPSA) is 183 Å². The van der Waals surface area contributed by atoms with Gasteiger partial charge >= 0.3 is 17.9 Å². The molecular formula is C34H57N3O8. The summed E-state index contributed by atoms with van der Waals surface area (Å²) in [4.78, 5) is 49.1. The highest BCUT2D eigenvalue weighted by Gasteiger charge is 2.67. The molecule has 11 heteroatoms. The maximum Gasteiger partial charge on any atom is 0.307 e. The Balaban J connectivity index is 1.68. The zero-order chi connectivity index (χ0) is 32.9. The molecule has 0 heterocycles. The van der Waals surface area contributed by atoms with Gasteiger partial charge in [0.05, 0.1) is 32.7 Å². The van der Waals surface area contributed by atoms with E-state index in [9.17, 15) is 19.2 Å². The Morgan fingerprint density at radius 2 is 1.53 bits per heavy atom. The van der Waals surface area contributed by atoms with Gasteiger partial charge < -0.3 is 36.1 Å². The Kier molecular flexibility index (Phi) is 12.0. The van der Waals surface area contributed by atoms with E-state index in [-0.39, 0.29) is 127 Å². The highest BCUT2D eigenvalue weighted by Crippen LogP contribution is 2.69. The van der Waals surface area contributed by atoms with E-state index in [1.54, 1.807) is 0 Å². The molecule has 0 aromatic heterocycles. The average Bonchev–Trinajstić information content (AvgIpc) is 3.34. The smallest absolute Gasteiger partial charge is 0.307 e. The fourth-order valence-electron chi connectivity index (χ4n) is 10.2. The zero-order valence-electron chi connectivity index (χ0n) is 27.8. The van der Waals surface area contributed by atoms with Gasteiger partial charge in [0, 0.05) is 37.3 Å². The molecule has 6 N–H and O–H groups in total. The maximum absolute atomic E-state index is 13.0. The third kappa shape index (κ3) is 7.51. The first kappa shape index (κ1) is 35.6. The van der Waals surface area contributed by atoms with Crippen molar-refractivity contribution in [2.45, 2.75) is 116 Å². The van der Waals surface area contributed by atoms with Crippen LogP contribution in [0.4, 0.5) is 0 Å². The van der Waals surface area contributed by atoms with E-state index in [0.29, 0.717) is 6.42 Å². The van der Waals surface area contributed by atoms with Crippen molar-refractivity contribution in [3.8, 4) is 0 Å². The number of methoxy groups -OCH3 is 1. The highest BCUT2D eigenvalue weighted by molar-refractivity contribution is 5.73. The molecule has 4 saturated carbocycles. The fourth-order valence-corrected chi connectivity index (χ4v) is 10.2. The van der Waals surface area contributed by atoms with Gasteiger partial charge in [-0.05, 0) is 86.4 Å². The number of hydrogen-bond acceptors (Lipinski definition) is 10. The minimum atomic E-state index is -0.390. The Morgan fingerprint density at radius 1 is 0.844 bits per heavy atom. The minimum Gasteiger partial charge on any atom is -0.469 e. The normalized spacial score (nSPS) is 37.8. The molecule has 0 spiro atoms. The molecule has 0 bridgehead atoms. The van der Waals surface area contributed by atoms with Crippen molar-refractivity contribution in [2.75, 3.05) is 26.8 Å². The lowest BCUT2D eigenvalue weighted by molar-refractivity contribution is -0.226. The highest BCUT2D eigenvalue weighted by atomic mass is 16.5. The van der Waals surface area contributed by atoms with Gasteiger partial charge in [-0.15, -0.1) is 0 Å². The molecule has 1 amide bonds. The van der Waals surface area contributed by atoms with E-state index in [2.05, 4.69) is 20.8 Å². The maximum atomic E-state index is 13.0. The first-order valence-electron chi connectivity index (χ1n) is 17.1. The summed E-state index contributed by atoms with van der Waals surface area (Å²) in [7, 11) is 1.42. The summed E-state index contributed by atoms with van der Waals surface area (Å²) in [5.41, 5.74) is 16.5. The van der Waals surface area contributed by atoms with Crippen molar-refractivity contribution in [3.63, 3.8) is 0 Å². The van der Waals surface area contributed by atoms with Gasteiger partial charge in [0.15, 0.2) is 0 Å². The number of amides is 1. The second-order valence-corrected chi connectivity index (χ2v) is 14.7. The molecule has 11 nitrogen and oxygen atoms in total. The first-order chi connectivity index (χ1) is 21.4. The summed E-state index contributed by atoms with van der Waals surface area (Å²) in [6, 6.07) is 0. The van der Waals surface area contributed by atoms with Gasteiger partial charge in [-0.2, -0.15) is 0 Å². The number of esters is 3. The number of hydrogen-bond donors (Lipinski definition) is 3. The summed E-state index contributed by atoms with van der Waals surface area (Å²) in [6.07, 6.45) is 6.93. The van der Waals surface area contributed by atoms with Gasteiger partial charge in [-0.25, -0.2) is 0 Å². The van der Waals surface area contributed by atoms with Crippen molar-refractivity contribution in [1.82, 2.24) is 0 Å². The van der Waals surface area contributed by atoms with Gasteiger partial charge in [0.25, 0.3) is 0 Å².